The summed E-state index contributed by atoms with van der Waals surface area (Å²) in [6, 6.07) is 3.02. The molecule has 0 unspecified atom stereocenters. The summed E-state index contributed by atoms with van der Waals surface area (Å²) >= 11 is 0. The predicted molar refractivity (Wildman–Crippen MR) is 88.9 cm³/mol. The molecule has 0 radical (unpaired) electrons. The van der Waals surface area contributed by atoms with Crippen LogP contribution in [-0.4, -0.2) is 57.3 Å². The maximum Gasteiger partial charge on any atom is 0.273 e. The summed E-state index contributed by atoms with van der Waals surface area (Å²) in [5.41, 5.74) is 0.408. The van der Waals surface area contributed by atoms with Gasteiger partial charge in [0.05, 0.1) is 25.3 Å². The molecule has 1 fully saturated rings. The van der Waals surface area contributed by atoms with Gasteiger partial charge >= 0.3 is 0 Å². The van der Waals surface area contributed by atoms with Crippen molar-refractivity contribution in [1.29, 1.82) is 0 Å². The minimum Gasteiger partial charge on any atom is -0.354 e. The number of halogens is 3. The summed E-state index contributed by atoms with van der Waals surface area (Å²) in [5, 5.41) is 9.81. The zero-order chi connectivity index (χ0) is 19.8. The second kappa shape index (κ2) is 7.01. The Morgan fingerprint density at radius 3 is 2.78 bits per heavy atom. The normalized spacial score (nSPS) is 18.6. The predicted octanol–water partition coefficient (Wildman–Crippen LogP) is 1.64. The molecule has 0 bridgehead atoms. The molecule has 0 saturated carbocycles. The summed E-state index contributed by atoms with van der Waals surface area (Å²) in [4.78, 5) is 25.2. The number of hydrogen-bond donors (Lipinski definition) is 1. The van der Waals surface area contributed by atoms with Crippen molar-refractivity contribution in [3.63, 3.8) is 0 Å². The Labute approximate surface area is 153 Å². The van der Waals surface area contributed by atoms with Crippen LogP contribution >= 0.6 is 0 Å². The van der Waals surface area contributed by atoms with E-state index in [4.69, 9.17) is 0 Å². The van der Waals surface area contributed by atoms with Gasteiger partial charge in [-0.15, -0.1) is 5.10 Å². The molecule has 1 aromatic heterocycles. The van der Waals surface area contributed by atoms with Crippen LogP contribution in [0, 0.1) is 12.7 Å². The second-order valence-corrected chi connectivity index (χ2v) is 6.52. The van der Waals surface area contributed by atoms with Crippen molar-refractivity contribution >= 4 is 11.8 Å². The first-order chi connectivity index (χ1) is 12.7. The molecule has 10 heteroatoms. The number of likely N-dealkylation sites (tertiary alicyclic amines) is 1. The number of carbonyl (C=O) groups excluding carboxylic acids is 2. The fourth-order valence-corrected chi connectivity index (χ4v) is 3.03. The molecule has 1 aromatic carbocycles. The van der Waals surface area contributed by atoms with Crippen LogP contribution in [0.4, 0.5) is 13.2 Å². The van der Waals surface area contributed by atoms with E-state index in [1.165, 1.54) is 30.1 Å². The first-order valence-electron chi connectivity index (χ1n) is 8.27. The molecule has 27 heavy (non-hydrogen) atoms. The highest BCUT2D eigenvalue weighted by Gasteiger charge is 2.47. The summed E-state index contributed by atoms with van der Waals surface area (Å²) < 4.78 is 43.0. The number of carbonyl (C=O) groups is 2. The maximum atomic E-state index is 14.0. The molecule has 1 N–H and O–H groups in total. The van der Waals surface area contributed by atoms with Crippen LogP contribution in [0.15, 0.2) is 24.4 Å². The lowest BCUT2D eigenvalue weighted by Crippen LogP contribution is -2.38. The smallest absolute Gasteiger partial charge is 0.273 e. The van der Waals surface area contributed by atoms with E-state index in [9.17, 15) is 22.8 Å². The Kier molecular flexibility index (Phi) is 4.90. The lowest BCUT2D eigenvalue weighted by atomic mass is 10.1. The highest BCUT2D eigenvalue weighted by Crippen LogP contribution is 2.34. The molecule has 2 aromatic rings. The molecule has 144 valence electrons. The Morgan fingerprint density at radius 1 is 1.37 bits per heavy atom. The SMILES string of the molecule is CNC(=O)c1cn(C[C@@H]2CC(F)(F)CN2C(=O)c2ccc(C)c(F)c2)nn1. The van der Waals surface area contributed by atoms with Crippen LogP contribution in [0.5, 0.6) is 0 Å². The number of alkyl halides is 2. The third kappa shape index (κ3) is 3.93. The number of rotatable bonds is 4. The van der Waals surface area contributed by atoms with Gasteiger partial charge in [0.15, 0.2) is 5.69 Å². The lowest BCUT2D eigenvalue weighted by molar-refractivity contribution is 0.0117. The van der Waals surface area contributed by atoms with Gasteiger partial charge in [0, 0.05) is 19.0 Å². The van der Waals surface area contributed by atoms with Gasteiger partial charge in [0.2, 0.25) is 0 Å². The Bertz CT molecular complexity index is 883. The van der Waals surface area contributed by atoms with E-state index in [0.717, 1.165) is 11.0 Å². The van der Waals surface area contributed by atoms with Gasteiger partial charge in [0.25, 0.3) is 17.7 Å². The molecule has 1 atom stereocenters. The second-order valence-electron chi connectivity index (χ2n) is 6.52. The molecular weight excluding hydrogens is 363 g/mol. The molecule has 0 spiro atoms. The highest BCUT2D eigenvalue weighted by atomic mass is 19.3. The van der Waals surface area contributed by atoms with E-state index in [1.54, 1.807) is 6.92 Å². The Balaban J connectivity index is 1.82. The summed E-state index contributed by atoms with van der Waals surface area (Å²) in [5.74, 6) is -4.77. The van der Waals surface area contributed by atoms with Gasteiger partial charge < -0.3 is 10.2 Å². The average Bonchev–Trinajstić information content (AvgIpc) is 3.20. The van der Waals surface area contributed by atoms with Crippen LogP contribution in [0.25, 0.3) is 0 Å². The van der Waals surface area contributed by atoms with Gasteiger partial charge in [-0.3, -0.25) is 9.59 Å². The summed E-state index contributed by atoms with van der Waals surface area (Å²) in [6.07, 6.45) is 0.770. The molecule has 7 nitrogen and oxygen atoms in total. The molecule has 2 heterocycles. The fraction of sp³-hybridized carbons (Fsp3) is 0.412. The van der Waals surface area contributed by atoms with Gasteiger partial charge in [-0.1, -0.05) is 11.3 Å². The largest absolute Gasteiger partial charge is 0.354 e. The molecule has 0 aliphatic carbocycles. The zero-order valence-electron chi connectivity index (χ0n) is 14.7. The monoisotopic (exact) mass is 381 g/mol. The summed E-state index contributed by atoms with van der Waals surface area (Å²) in [6.45, 7) is 0.730. The van der Waals surface area contributed by atoms with Gasteiger partial charge in [0.1, 0.15) is 5.82 Å². The standard InChI is InChI=1S/C17H18F3N5O2/c1-10-3-4-11(5-13(10)18)16(27)25-9-17(19,20)6-12(25)7-24-8-14(22-23-24)15(26)21-2/h3-5,8,12H,6-7,9H2,1-2H3,(H,21,26)/t12-/m0/s1. The highest BCUT2D eigenvalue weighted by molar-refractivity contribution is 5.94. The van der Waals surface area contributed by atoms with E-state index in [2.05, 4.69) is 15.6 Å². The lowest BCUT2D eigenvalue weighted by Gasteiger charge is -2.24. The van der Waals surface area contributed by atoms with Gasteiger partial charge in [-0.05, 0) is 24.6 Å². The van der Waals surface area contributed by atoms with Crippen LogP contribution in [0.3, 0.4) is 0 Å². The van der Waals surface area contributed by atoms with Crippen LogP contribution in [-0.2, 0) is 6.54 Å². The van der Waals surface area contributed by atoms with Crippen molar-refractivity contribution in [3.05, 3.63) is 47.0 Å². The third-order valence-corrected chi connectivity index (χ3v) is 4.45. The van der Waals surface area contributed by atoms with Gasteiger partial charge in [-0.25, -0.2) is 17.9 Å². The maximum absolute atomic E-state index is 14.0. The number of aryl methyl sites for hydroxylation is 1. The van der Waals surface area contributed by atoms with Crippen molar-refractivity contribution in [2.45, 2.75) is 31.9 Å². The molecular formula is C17H18F3N5O2. The average molecular weight is 381 g/mol. The van der Waals surface area contributed by atoms with E-state index >= 15 is 0 Å². The third-order valence-electron chi connectivity index (χ3n) is 4.45. The fourth-order valence-electron chi connectivity index (χ4n) is 3.03. The molecule has 3 rings (SSSR count). The zero-order valence-corrected chi connectivity index (χ0v) is 14.7. The number of nitrogens with zero attached hydrogens (tertiary/aromatic N) is 4. The number of amides is 2. The van der Waals surface area contributed by atoms with E-state index in [-0.39, 0.29) is 17.8 Å². The van der Waals surface area contributed by atoms with Crippen molar-refractivity contribution in [2.24, 2.45) is 0 Å². The van der Waals surface area contributed by atoms with E-state index in [0.29, 0.717) is 5.56 Å². The van der Waals surface area contributed by atoms with Crippen molar-refractivity contribution in [3.8, 4) is 0 Å². The number of hydrogen-bond acceptors (Lipinski definition) is 4. The van der Waals surface area contributed by atoms with Gasteiger partial charge in [-0.2, -0.15) is 0 Å². The molecule has 1 aliphatic rings. The van der Waals surface area contributed by atoms with Crippen LogP contribution in [0.2, 0.25) is 0 Å². The molecule has 1 saturated heterocycles. The Morgan fingerprint density at radius 2 is 2.11 bits per heavy atom. The van der Waals surface area contributed by atoms with Crippen molar-refractivity contribution < 1.29 is 22.8 Å². The van der Waals surface area contributed by atoms with Crippen LogP contribution < -0.4 is 5.32 Å². The number of benzene rings is 1. The topological polar surface area (TPSA) is 80.1 Å². The van der Waals surface area contributed by atoms with Crippen LogP contribution in [0.1, 0.15) is 32.8 Å². The minimum absolute atomic E-state index is 0.00504. The number of nitrogens with one attached hydrogen (secondary N) is 1. The quantitative estimate of drug-likeness (QED) is 0.873. The first kappa shape index (κ1) is 18.9. The Hall–Kier alpha value is -2.91. The van der Waals surface area contributed by atoms with Crippen molar-refractivity contribution in [1.82, 2.24) is 25.2 Å². The number of aromatic nitrogens is 3. The van der Waals surface area contributed by atoms with Crippen molar-refractivity contribution in [2.75, 3.05) is 13.6 Å². The molecule has 2 amide bonds. The van der Waals surface area contributed by atoms with E-state index in [1.807, 2.05) is 0 Å². The minimum atomic E-state index is -3.06. The summed E-state index contributed by atoms with van der Waals surface area (Å²) in [7, 11) is 1.43. The first-order valence-corrected chi connectivity index (χ1v) is 8.27. The molecule has 1 aliphatic heterocycles. The van der Waals surface area contributed by atoms with E-state index < -0.39 is 42.6 Å².